The molecular formula is C18H24IN7S. The van der Waals surface area contributed by atoms with Crippen LogP contribution in [-0.2, 0) is 13.0 Å². The van der Waals surface area contributed by atoms with E-state index in [1.807, 2.05) is 12.1 Å². The molecule has 1 aromatic carbocycles. The van der Waals surface area contributed by atoms with E-state index < -0.39 is 0 Å². The standard InChI is InChI=1S/C18H23N7S.HI/c1-13-14(2)26-17(24-13)8-9-21-18(19-3)22-10-15-4-6-16(7-5-15)25-12-20-11-23-25;/h4-7,11-12H,8-10H2,1-3H3,(H2,19,21,22);1H. The van der Waals surface area contributed by atoms with Crippen LogP contribution in [0.1, 0.15) is 21.1 Å². The van der Waals surface area contributed by atoms with Crippen molar-refractivity contribution >= 4 is 41.3 Å². The number of aliphatic imine (C=N–C) groups is 1. The molecule has 7 nitrogen and oxygen atoms in total. The van der Waals surface area contributed by atoms with E-state index in [0.29, 0.717) is 6.54 Å². The predicted octanol–water partition coefficient (Wildman–Crippen LogP) is 2.87. The van der Waals surface area contributed by atoms with Crippen LogP contribution in [0.5, 0.6) is 0 Å². The molecule has 9 heteroatoms. The van der Waals surface area contributed by atoms with Gasteiger partial charge in [0.15, 0.2) is 5.96 Å². The van der Waals surface area contributed by atoms with Crippen molar-refractivity contribution in [2.75, 3.05) is 13.6 Å². The zero-order valence-corrected chi connectivity index (χ0v) is 18.8. The summed E-state index contributed by atoms with van der Waals surface area (Å²) in [6.45, 7) is 5.67. The smallest absolute Gasteiger partial charge is 0.191 e. The van der Waals surface area contributed by atoms with E-state index in [2.05, 4.69) is 56.7 Å². The Morgan fingerprint density at radius 2 is 1.96 bits per heavy atom. The maximum atomic E-state index is 4.56. The molecular weight excluding hydrogens is 473 g/mol. The molecule has 2 aromatic heterocycles. The number of nitrogens with one attached hydrogen (secondary N) is 2. The molecule has 0 unspecified atom stereocenters. The van der Waals surface area contributed by atoms with Crippen LogP contribution in [0.3, 0.4) is 0 Å². The van der Waals surface area contributed by atoms with Gasteiger partial charge in [0.05, 0.1) is 16.4 Å². The number of aromatic nitrogens is 4. The van der Waals surface area contributed by atoms with Gasteiger partial charge in [-0.25, -0.2) is 14.6 Å². The Bertz CT molecular complexity index is 837. The Labute approximate surface area is 180 Å². The number of hydrogen-bond acceptors (Lipinski definition) is 5. The maximum Gasteiger partial charge on any atom is 0.191 e. The third kappa shape index (κ3) is 5.99. The first kappa shape index (κ1) is 21.3. The van der Waals surface area contributed by atoms with Gasteiger partial charge >= 0.3 is 0 Å². The fourth-order valence-corrected chi connectivity index (χ4v) is 3.38. The number of hydrogen-bond donors (Lipinski definition) is 2. The lowest BCUT2D eigenvalue weighted by atomic mass is 10.2. The summed E-state index contributed by atoms with van der Waals surface area (Å²) in [7, 11) is 1.78. The molecule has 0 aliphatic carbocycles. The van der Waals surface area contributed by atoms with Crippen LogP contribution >= 0.6 is 35.3 Å². The summed E-state index contributed by atoms with van der Waals surface area (Å²) < 4.78 is 1.74. The third-order valence-electron chi connectivity index (χ3n) is 4.01. The lowest BCUT2D eigenvalue weighted by Crippen LogP contribution is -2.37. The Morgan fingerprint density at radius 3 is 2.56 bits per heavy atom. The second-order valence-corrected chi connectivity index (χ2v) is 7.15. The van der Waals surface area contributed by atoms with Crippen molar-refractivity contribution in [2.24, 2.45) is 4.99 Å². The number of aryl methyl sites for hydroxylation is 2. The molecule has 27 heavy (non-hydrogen) atoms. The highest BCUT2D eigenvalue weighted by atomic mass is 127. The molecule has 0 amide bonds. The van der Waals surface area contributed by atoms with Gasteiger partial charge in [-0.05, 0) is 31.5 Å². The minimum atomic E-state index is 0. The van der Waals surface area contributed by atoms with E-state index >= 15 is 0 Å². The summed E-state index contributed by atoms with van der Waals surface area (Å²) in [4.78, 5) is 14.1. The van der Waals surface area contributed by atoms with Gasteiger partial charge in [-0.3, -0.25) is 4.99 Å². The Balaban J connectivity index is 0.00000261. The van der Waals surface area contributed by atoms with Gasteiger partial charge in [-0.15, -0.1) is 35.3 Å². The van der Waals surface area contributed by atoms with Crippen molar-refractivity contribution < 1.29 is 0 Å². The predicted molar refractivity (Wildman–Crippen MR) is 120 cm³/mol. The zero-order valence-electron chi connectivity index (χ0n) is 15.6. The monoisotopic (exact) mass is 497 g/mol. The van der Waals surface area contributed by atoms with Crippen LogP contribution < -0.4 is 10.6 Å². The lowest BCUT2D eigenvalue weighted by molar-refractivity contribution is 0.790. The molecule has 0 aliphatic rings. The fourth-order valence-electron chi connectivity index (χ4n) is 2.45. The normalized spacial score (nSPS) is 11.1. The SMILES string of the molecule is CN=C(NCCc1nc(C)c(C)s1)NCc1ccc(-n2cncn2)cc1.I. The summed E-state index contributed by atoms with van der Waals surface area (Å²) in [5.41, 5.74) is 3.28. The first-order valence-corrected chi connectivity index (χ1v) is 9.28. The highest BCUT2D eigenvalue weighted by molar-refractivity contribution is 14.0. The summed E-state index contributed by atoms with van der Waals surface area (Å²) >= 11 is 1.76. The Morgan fingerprint density at radius 1 is 1.19 bits per heavy atom. The highest BCUT2D eigenvalue weighted by Crippen LogP contribution is 2.16. The number of rotatable bonds is 6. The van der Waals surface area contributed by atoms with Gasteiger partial charge in [-0.1, -0.05) is 12.1 Å². The molecule has 3 rings (SSSR count). The average Bonchev–Trinajstić information content (AvgIpc) is 3.29. The second-order valence-electron chi connectivity index (χ2n) is 5.86. The first-order valence-electron chi connectivity index (χ1n) is 8.47. The lowest BCUT2D eigenvalue weighted by Gasteiger charge is -2.11. The number of thiazole rings is 1. The van der Waals surface area contributed by atoms with Gasteiger partial charge in [0, 0.05) is 31.4 Å². The highest BCUT2D eigenvalue weighted by Gasteiger charge is 2.04. The van der Waals surface area contributed by atoms with Crippen LogP contribution in [0.4, 0.5) is 0 Å². The van der Waals surface area contributed by atoms with Gasteiger partial charge in [0.2, 0.25) is 0 Å². The quantitative estimate of drug-likeness (QED) is 0.311. The van der Waals surface area contributed by atoms with E-state index in [4.69, 9.17) is 0 Å². The number of guanidine groups is 1. The van der Waals surface area contributed by atoms with Crippen molar-refractivity contribution in [3.05, 3.63) is 58.1 Å². The molecule has 2 heterocycles. The molecule has 0 aliphatic heterocycles. The van der Waals surface area contributed by atoms with Crippen molar-refractivity contribution in [2.45, 2.75) is 26.8 Å². The molecule has 144 valence electrons. The first-order chi connectivity index (χ1) is 12.7. The van der Waals surface area contributed by atoms with E-state index in [1.165, 1.54) is 16.8 Å². The van der Waals surface area contributed by atoms with Crippen molar-refractivity contribution in [1.82, 2.24) is 30.4 Å². The molecule has 0 spiro atoms. The van der Waals surface area contributed by atoms with Crippen LogP contribution in [0.25, 0.3) is 5.69 Å². The Hall–Kier alpha value is -2.01. The minimum absolute atomic E-state index is 0. The van der Waals surface area contributed by atoms with Crippen molar-refractivity contribution in [1.29, 1.82) is 0 Å². The average molecular weight is 497 g/mol. The molecule has 0 fully saturated rings. The third-order valence-corrected chi connectivity index (χ3v) is 5.14. The maximum absolute atomic E-state index is 4.56. The molecule has 0 radical (unpaired) electrons. The molecule has 3 aromatic rings. The van der Waals surface area contributed by atoms with Crippen LogP contribution in [0, 0.1) is 13.8 Å². The second kappa shape index (κ2) is 10.4. The van der Waals surface area contributed by atoms with E-state index in [9.17, 15) is 0 Å². The van der Waals surface area contributed by atoms with E-state index in [-0.39, 0.29) is 24.0 Å². The van der Waals surface area contributed by atoms with Gasteiger partial charge in [-0.2, -0.15) is 5.10 Å². The minimum Gasteiger partial charge on any atom is -0.356 e. The van der Waals surface area contributed by atoms with Crippen LogP contribution in [0.2, 0.25) is 0 Å². The fraction of sp³-hybridized carbons (Fsp3) is 0.333. The van der Waals surface area contributed by atoms with Gasteiger partial charge < -0.3 is 10.6 Å². The number of nitrogens with zero attached hydrogens (tertiary/aromatic N) is 5. The van der Waals surface area contributed by atoms with Gasteiger partial charge in [0.1, 0.15) is 12.7 Å². The largest absolute Gasteiger partial charge is 0.356 e. The number of benzene rings is 1. The van der Waals surface area contributed by atoms with Crippen molar-refractivity contribution in [3.8, 4) is 5.69 Å². The topological polar surface area (TPSA) is 80.0 Å². The summed E-state index contributed by atoms with van der Waals surface area (Å²) in [6.07, 6.45) is 4.11. The molecule has 0 saturated heterocycles. The van der Waals surface area contributed by atoms with Gasteiger partial charge in [0.25, 0.3) is 0 Å². The summed E-state index contributed by atoms with van der Waals surface area (Å²) in [5, 5.41) is 11.9. The zero-order chi connectivity index (χ0) is 18.4. The molecule has 0 bridgehead atoms. The number of halogens is 1. The summed E-state index contributed by atoms with van der Waals surface area (Å²) in [5.74, 6) is 0.787. The van der Waals surface area contributed by atoms with E-state index in [1.54, 1.807) is 29.4 Å². The Kier molecular flexibility index (Phi) is 8.17. The summed E-state index contributed by atoms with van der Waals surface area (Å²) in [6, 6.07) is 8.18. The molecule has 0 atom stereocenters. The van der Waals surface area contributed by atoms with E-state index in [0.717, 1.165) is 35.3 Å². The van der Waals surface area contributed by atoms with Crippen LogP contribution in [0.15, 0.2) is 41.9 Å². The van der Waals surface area contributed by atoms with Crippen molar-refractivity contribution in [3.63, 3.8) is 0 Å². The molecule has 2 N–H and O–H groups in total. The van der Waals surface area contributed by atoms with Crippen LogP contribution in [-0.4, -0.2) is 39.3 Å². The molecule has 0 saturated carbocycles.